The van der Waals surface area contributed by atoms with E-state index in [1.54, 1.807) is 0 Å². The van der Waals surface area contributed by atoms with Gasteiger partial charge in [-0.2, -0.15) is 0 Å². The molecule has 1 atom stereocenters. The van der Waals surface area contributed by atoms with Gasteiger partial charge in [-0.05, 0) is 70.0 Å². The van der Waals surface area contributed by atoms with Gasteiger partial charge in [0.25, 0.3) is 0 Å². The van der Waals surface area contributed by atoms with Gasteiger partial charge in [0, 0.05) is 29.0 Å². The first-order chi connectivity index (χ1) is 25.3. The van der Waals surface area contributed by atoms with Crippen LogP contribution in [0.25, 0.3) is 56.2 Å². The first-order valence-electron chi connectivity index (χ1n) is 17.7. The van der Waals surface area contributed by atoms with Crippen molar-refractivity contribution in [3.8, 4) is 61.9 Å². The third-order valence-corrected chi connectivity index (χ3v) is 10.0. The highest BCUT2D eigenvalue weighted by molar-refractivity contribution is 5.87. The zero-order valence-electron chi connectivity index (χ0n) is 28.2. The van der Waals surface area contributed by atoms with E-state index in [1.165, 1.54) is 33.4 Å². The molecule has 3 nitrogen and oxygen atoms in total. The molecule has 0 saturated heterocycles. The zero-order valence-corrected chi connectivity index (χ0v) is 28.2. The molecule has 6 aromatic carbocycles. The van der Waals surface area contributed by atoms with E-state index in [-0.39, 0.29) is 5.92 Å². The Bertz CT molecular complexity index is 2410. The number of rotatable bonds is 4. The third-order valence-electron chi connectivity index (χ3n) is 10.0. The van der Waals surface area contributed by atoms with Crippen LogP contribution in [0.4, 0.5) is 0 Å². The van der Waals surface area contributed by atoms with E-state index in [1.807, 2.05) is 6.07 Å². The van der Waals surface area contributed by atoms with Crippen molar-refractivity contribution in [2.75, 3.05) is 0 Å². The summed E-state index contributed by atoms with van der Waals surface area (Å²) in [4.78, 5) is 10.7. The average molecular weight is 657 g/mol. The number of ether oxygens (including phenoxy) is 1. The van der Waals surface area contributed by atoms with E-state index in [9.17, 15) is 0 Å². The lowest BCUT2D eigenvalue weighted by molar-refractivity contribution is 0.339. The summed E-state index contributed by atoms with van der Waals surface area (Å²) in [5, 5.41) is 0. The predicted molar refractivity (Wildman–Crippen MR) is 208 cm³/mol. The predicted octanol–water partition coefficient (Wildman–Crippen LogP) is 11.8. The smallest absolute Gasteiger partial charge is 0.161 e. The van der Waals surface area contributed by atoms with Crippen LogP contribution in [-0.4, -0.2) is 9.97 Å². The van der Waals surface area contributed by atoms with E-state index >= 15 is 0 Å². The molecule has 0 spiro atoms. The number of nitrogens with zero attached hydrogens (tertiary/aromatic N) is 2. The number of aromatic nitrogens is 2. The van der Waals surface area contributed by atoms with Crippen molar-refractivity contribution in [2.45, 2.75) is 19.3 Å². The Hall–Kier alpha value is -6.32. The molecule has 3 heteroatoms. The average Bonchev–Trinajstić information content (AvgIpc) is 3.22. The standard InChI is InChI=1S/C48H36N2O/c1-3-14-33(15-4-1)34-26-28-36(29-27-34)44-32-43(35-16-5-2-6-17-35)49-48(50-44)42-23-13-21-40-31-39-20-9-12-25-46(39)51-45-24-11-8-19-38(45)30-37-18-7-10-22-41(37)47(40)42/h1-18,20-29,32,38H,19,30-31H2. The van der Waals surface area contributed by atoms with Crippen LogP contribution < -0.4 is 4.74 Å². The van der Waals surface area contributed by atoms with Crippen molar-refractivity contribution >= 4 is 0 Å². The van der Waals surface area contributed by atoms with Gasteiger partial charge in [-0.15, -0.1) is 0 Å². The molecule has 2 heterocycles. The Balaban J connectivity index is 1.25. The molecule has 244 valence electrons. The number of hydrogen-bond acceptors (Lipinski definition) is 3. The van der Waals surface area contributed by atoms with Gasteiger partial charge in [0.15, 0.2) is 5.82 Å². The summed E-state index contributed by atoms with van der Waals surface area (Å²) in [5.74, 6) is 2.88. The maximum absolute atomic E-state index is 6.73. The molecule has 0 N–H and O–H groups in total. The van der Waals surface area contributed by atoms with Gasteiger partial charge in [0.1, 0.15) is 11.5 Å². The number of benzene rings is 6. The normalized spacial score (nSPS) is 14.8. The topological polar surface area (TPSA) is 35.0 Å². The van der Waals surface area contributed by atoms with Crippen molar-refractivity contribution in [3.05, 3.63) is 198 Å². The van der Waals surface area contributed by atoms with Crippen molar-refractivity contribution in [3.63, 3.8) is 0 Å². The maximum Gasteiger partial charge on any atom is 0.161 e. The van der Waals surface area contributed by atoms with Gasteiger partial charge >= 0.3 is 0 Å². The van der Waals surface area contributed by atoms with Gasteiger partial charge in [0.2, 0.25) is 0 Å². The van der Waals surface area contributed by atoms with E-state index < -0.39 is 0 Å². The molecule has 1 aliphatic carbocycles. The van der Waals surface area contributed by atoms with Crippen LogP contribution >= 0.6 is 0 Å². The van der Waals surface area contributed by atoms with E-state index in [2.05, 4.69) is 170 Å². The summed E-state index contributed by atoms with van der Waals surface area (Å²) in [6, 6.07) is 55.7. The van der Waals surface area contributed by atoms with Crippen LogP contribution in [-0.2, 0) is 12.8 Å². The Kier molecular flexibility index (Phi) is 8.15. The molecule has 2 aliphatic rings. The minimum atomic E-state index is 0.237. The van der Waals surface area contributed by atoms with Gasteiger partial charge in [-0.3, -0.25) is 0 Å². The summed E-state index contributed by atoms with van der Waals surface area (Å²) in [7, 11) is 0. The largest absolute Gasteiger partial charge is 0.461 e. The molecule has 0 radical (unpaired) electrons. The lowest BCUT2D eigenvalue weighted by atomic mass is 9.84. The molecule has 0 saturated carbocycles. The quantitative estimate of drug-likeness (QED) is 0.189. The Morgan fingerprint density at radius 3 is 1.88 bits per heavy atom. The highest BCUT2D eigenvalue weighted by Gasteiger charge is 2.25. The minimum Gasteiger partial charge on any atom is -0.461 e. The SMILES string of the molecule is C1=CCC2Cc3ccccc3-c3c(cccc3-c3nc(-c4ccccc4)cc(-c4ccc(-c5ccccc5)cc4)n3)Cc3ccccc3OC2=C1. The lowest BCUT2D eigenvalue weighted by Gasteiger charge is -2.23. The van der Waals surface area contributed by atoms with Crippen molar-refractivity contribution in [1.29, 1.82) is 0 Å². The fourth-order valence-corrected chi connectivity index (χ4v) is 7.44. The van der Waals surface area contributed by atoms with E-state index in [0.717, 1.165) is 58.0 Å². The molecule has 51 heavy (non-hydrogen) atoms. The monoisotopic (exact) mass is 656 g/mol. The van der Waals surface area contributed by atoms with Gasteiger partial charge in [0.05, 0.1) is 11.4 Å². The van der Waals surface area contributed by atoms with Gasteiger partial charge < -0.3 is 4.74 Å². The van der Waals surface area contributed by atoms with Crippen molar-refractivity contribution in [1.82, 2.24) is 9.97 Å². The highest BCUT2D eigenvalue weighted by atomic mass is 16.5. The highest BCUT2D eigenvalue weighted by Crippen LogP contribution is 2.42. The molecule has 9 rings (SSSR count). The van der Waals surface area contributed by atoms with Crippen LogP contribution in [0, 0.1) is 5.92 Å². The molecule has 1 unspecified atom stereocenters. The van der Waals surface area contributed by atoms with Crippen LogP contribution in [0.3, 0.4) is 0 Å². The first kappa shape index (κ1) is 30.7. The molecule has 0 amide bonds. The van der Waals surface area contributed by atoms with Gasteiger partial charge in [-0.1, -0.05) is 158 Å². The summed E-state index contributed by atoms with van der Waals surface area (Å²) >= 11 is 0. The van der Waals surface area contributed by atoms with Crippen LogP contribution in [0.1, 0.15) is 23.1 Å². The molecule has 7 aromatic rings. The molecule has 0 bridgehead atoms. The third kappa shape index (κ3) is 6.19. The number of allylic oxidation sites excluding steroid dienone is 4. The lowest BCUT2D eigenvalue weighted by Crippen LogP contribution is -2.15. The fraction of sp³-hybridized carbons (Fsp3) is 0.0833. The Morgan fingerprint density at radius 2 is 1.10 bits per heavy atom. The summed E-state index contributed by atoms with van der Waals surface area (Å²) < 4.78 is 6.73. The molecule has 0 fully saturated rings. The fourth-order valence-electron chi connectivity index (χ4n) is 7.44. The van der Waals surface area contributed by atoms with Gasteiger partial charge in [-0.25, -0.2) is 9.97 Å². The summed E-state index contributed by atoms with van der Waals surface area (Å²) in [5.41, 5.74) is 13.4. The minimum absolute atomic E-state index is 0.237. The second-order valence-electron chi connectivity index (χ2n) is 13.3. The Labute approximate surface area is 299 Å². The zero-order chi connectivity index (χ0) is 34.0. The molecular formula is C48H36N2O. The van der Waals surface area contributed by atoms with Crippen LogP contribution in [0.5, 0.6) is 5.75 Å². The first-order valence-corrected chi connectivity index (χ1v) is 17.7. The summed E-state index contributed by atoms with van der Waals surface area (Å²) in [6.07, 6.45) is 9.03. The number of fused-ring (bicyclic) bond motifs is 5. The van der Waals surface area contributed by atoms with E-state index in [0.29, 0.717) is 12.2 Å². The van der Waals surface area contributed by atoms with E-state index in [4.69, 9.17) is 14.7 Å². The Morgan fingerprint density at radius 1 is 0.510 bits per heavy atom. The second kappa shape index (κ2) is 13.5. The van der Waals surface area contributed by atoms with Crippen LogP contribution in [0.15, 0.2) is 182 Å². The molecule has 1 aromatic heterocycles. The van der Waals surface area contributed by atoms with Crippen molar-refractivity contribution in [2.24, 2.45) is 5.92 Å². The number of hydrogen-bond donors (Lipinski definition) is 0. The van der Waals surface area contributed by atoms with Crippen LogP contribution in [0.2, 0.25) is 0 Å². The van der Waals surface area contributed by atoms with Crippen molar-refractivity contribution < 1.29 is 4.74 Å². The second-order valence-corrected chi connectivity index (χ2v) is 13.3. The maximum atomic E-state index is 6.73. The molecular weight excluding hydrogens is 621 g/mol. The number of para-hydroxylation sites is 1. The molecule has 1 aliphatic heterocycles. The summed E-state index contributed by atoms with van der Waals surface area (Å²) in [6.45, 7) is 0.